The summed E-state index contributed by atoms with van der Waals surface area (Å²) in [5.74, 6) is 1.43. The summed E-state index contributed by atoms with van der Waals surface area (Å²) in [5.41, 5.74) is 3.45. The third-order valence-corrected chi connectivity index (χ3v) is 3.90. The second kappa shape index (κ2) is 10.2. The summed E-state index contributed by atoms with van der Waals surface area (Å²) in [6.07, 6.45) is 3.07. The van der Waals surface area contributed by atoms with E-state index in [4.69, 9.17) is 30.5 Å². The van der Waals surface area contributed by atoms with Gasteiger partial charge in [0.15, 0.2) is 23.0 Å². The first kappa shape index (κ1) is 21.1. The minimum Gasteiger partial charge on any atom is -0.493 e. The maximum atomic E-state index is 12.3. The van der Waals surface area contributed by atoms with Crippen LogP contribution in [-0.4, -0.2) is 40.1 Å². The zero-order chi connectivity index (χ0) is 20.5. The minimum atomic E-state index is -0.406. The lowest BCUT2D eigenvalue weighted by Crippen LogP contribution is -2.17. The number of nitrogens with zero attached hydrogens (tertiary/aromatic N) is 1. The number of halogens is 1. The molecule has 0 atom stereocenters. The Morgan fingerprint density at radius 1 is 1.11 bits per heavy atom. The molecule has 0 aliphatic rings. The SMILES string of the molecule is C=CCOc1ccc(C(=O)N/N=C/c2cc(Cl)c(OC)c(OC)c2)cc1OC. The van der Waals surface area contributed by atoms with Crippen LogP contribution >= 0.6 is 11.6 Å². The summed E-state index contributed by atoms with van der Waals surface area (Å²) in [6.45, 7) is 3.93. The fraction of sp³-hybridized carbons (Fsp3) is 0.200. The lowest BCUT2D eigenvalue weighted by molar-refractivity contribution is 0.0954. The highest BCUT2D eigenvalue weighted by atomic mass is 35.5. The molecule has 148 valence electrons. The van der Waals surface area contributed by atoms with Crippen molar-refractivity contribution in [2.24, 2.45) is 5.10 Å². The molecule has 0 aliphatic heterocycles. The highest BCUT2D eigenvalue weighted by Gasteiger charge is 2.12. The summed E-state index contributed by atoms with van der Waals surface area (Å²) in [6, 6.07) is 8.16. The summed E-state index contributed by atoms with van der Waals surface area (Å²) in [7, 11) is 4.50. The molecule has 7 nitrogen and oxygen atoms in total. The van der Waals surface area contributed by atoms with Gasteiger partial charge in [0.2, 0.25) is 0 Å². The van der Waals surface area contributed by atoms with E-state index in [1.54, 1.807) is 36.4 Å². The molecule has 0 bridgehead atoms. The van der Waals surface area contributed by atoms with Gasteiger partial charge < -0.3 is 18.9 Å². The third-order valence-electron chi connectivity index (χ3n) is 3.62. The average Bonchev–Trinajstić information content (AvgIpc) is 2.71. The number of methoxy groups -OCH3 is 3. The van der Waals surface area contributed by atoms with Crippen molar-refractivity contribution >= 4 is 23.7 Å². The van der Waals surface area contributed by atoms with Crippen LogP contribution in [0, 0.1) is 0 Å². The van der Waals surface area contributed by atoms with Gasteiger partial charge in [0, 0.05) is 5.56 Å². The molecule has 28 heavy (non-hydrogen) atoms. The molecule has 2 rings (SSSR count). The normalized spacial score (nSPS) is 10.4. The molecule has 0 heterocycles. The second-order valence-corrected chi connectivity index (χ2v) is 5.81. The maximum absolute atomic E-state index is 12.3. The molecule has 0 saturated heterocycles. The number of hydrogen-bond donors (Lipinski definition) is 1. The van der Waals surface area contributed by atoms with Gasteiger partial charge in [-0.25, -0.2) is 5.43 Å². The Morgan fingerprint density at radius 2 is 1.86 bits per heavy atom. The van der Waals surface area contributed by atoms with E-state index < -0.39 is 5.91 Å². The highest BCUT2D eigenvalue weighted by Crippen LogP contribution is 2.35. The fourth-order valence-corrected chi connectivity index (χ4v) is 2.62. The van der Waals surface area contributed by atoms with E-state index in [1.165, 1.54) is 27.5 Å². The van der Waals surface area contributed by atoms with Gasteiger partial charge in [-0.2, -0.15) is 5.10 Å². The number of nitrogens with one attached hydrogen (secondary N) is 1. The third kappa shape index (κ3) is 5.17. The van der Waals surface area contributed by atoms with Gasteiger partial charge in [0.1, 0.15) is 6.61 Å². The Labute approximate surface area is 168 Å². The van der Waals surface area contributed by atoms with Crippen LogP contribution < -0.4 is 24.4 Å². The average molecular weight is 405 g/mol. The first-order valence-electron chi connectivity index (χ1n) is 8.20. The van der Waals surface area contributed by atoms with E-state index >= 15 is 0 Å². The molecule has 0 fully saturated rings. The van der Waals surface area contributed by atoms with Gasteiger partial charge >= 0.3 is 0 Å². The van der Waals surface area contributed by atoms with Crippen LogP contribution in [-0.2, 0) is 0 Å². The van der Waals surface area contributed by atoms with Crippen LogP contribution in [0.1, 0.15) is 15.9 Å². The van der Waals surface area contributed by atoms with Crippen molar-refractivity contribution in [1.29, 1.82) is 0 Å². The predicted octanol–water partition coefficient (Wildman–Crippen LogP) is 3.69. The summed E-state index contributed by atoms with van der Waals surface area (Å²) < 4.78 is 21.1. The summed E-state index contributed by atoms with van der Waals surface area (Å²) in [5, 5.41) is 4.32. The molecule has 2 aromatic rings. The van der Waals surface area contributed by atoms with Crippen molar-refractivity contribution < 1.29 is 23.7 Å². The van der Waals surface area contributed by atoms with Crippen LogP contribution in [0.5, 0.6) is 23.0 Å². The molecule has 8 heteroatoms. The Hall–Kier alpha value is -3.19. The van der Waals surface area contributed by atoms with Crippen molar-refractivity contribution in [2.45, 2.75) is 0 Å². The van der Waals surface area contributed by atoms with E-state index in [0.717, 1.165) is 0 Å². The molecule has 2 aromatic carbocycles. The van der Waals surface area contributed by atoms with Crippen molar-refractivity contribution in [2.75, 3.05) is 27.9 Å². The number of carbonyl (C=O) groups is 1. The Kier molecular flexibility index (Phi) is 7.71. The molecule has 0 aliphatic carbocycles. The van der Waals surface area contributed by atoms with Crippen molar-refractivity contribution in [3.63, 3.8) is 0 Å². The van der Waals surface area contributed by atoms with E-state index in [0.29, 0.717) is 45.8 Å². The van der Waals surface area contributed by atoms with Gasteiger partial charge in [-0.1, -0.05) is 24.3 Å². The number of carbonyl (C=O) groups excluding carboxylic acids is 1. The minimum absolute atomic E-state index is 0.333. The number of rotatable bonds is 9. The van der Waals surface area contributed by atoms with Crippen LogP contribution in [0.4, 0.5) is 0 Å². The lowest BCUT2D eigenvalue weighted by Gasteiger charge is -2.10. The van der Waals surface area contributed by atoms with Crippen molar-refractivity contribution in [1.82, 2.24) is 5.43 Å². The molecular weight excluding hydrogens is 384 g/mol. The van der Waals surface area contributed by atoms with E-state index in [9.17, 15) is 4.79 Å². The van der Waals surface area contributed by atoms with Gasteiger partial charge in [0.05, 0.1) is 32.6 Å². The molecule has 0 aromatic heterocycles. The van der Waals surface area contributed by atoms with Crippen LogP contribution in [0.3, 0.4) is 0 Å². The number of amides is 1. The topological polar surface area (TPSA) is 78.4 Å². The monoisotopic (exact) mass is 404 g/mol. The number of hydrazone groups is 1. The zero-order valence-corrected chi connectivity index (χ0v) is 16.6. The number of ether oxygens (including phenoxy) is 4. The quantitative estimate of drug-likeness (QED) is 0.391. The van der Waals surface area contributed by atoms with Gasteiger partial charge in [-0.3, -0.25) is 4.79 Å². The standard InChI is InChI=1S/C20H21ClN2O5/c1-5-8-28-16-7-6-14(11-17(16)25-2)20(24)23-22-12-13-9-15(21)19(27-4)18(10-13)26-3/h5-7,9-12H,1,8H2,2-4H3,(H,23,24)/b22-12+. The molecule has 1 N–H and O–H groups in total. The van der Waals surface area contributed by atoms with Crippen molar-refractivity contribution in [3.8, 4) is 23.0 Å². The van der Waals surface area contributed by atoms with E-state index in [2.05, 4.69) is 17.1 Å². The van der Waals surface area contributed by atoms with Crippen LogP contribution in [0.2, 0.25) is 5.02 Å². The van der Waals surface area contributed by atoms with Gasteiger partial charge in [-0.05, 0) is 35.9 Å². The Balaban J connectivity index is 2.11. The summed E-state index contributed by atoms with van der Waals surface area (Å²) in [4.78, 5) is 12.3. The molecule has 0 unspecified atom stereocenters. The van der Waals surface area contributed by atoms with Crippen molar-refractivity contribution in [3.05, 3.63) is 59.1 Å². The number of hydrogen-bond acceptors (Lipinski definition) is 6. The Bertz CT molecular complexity index is 883. The smallest absolute Gasteiger partial charge is 0.271 e. The van der Waals surface area contributed by atoms with E-state index in [1.807, 2.05) is 0 Å². The Morgan fingerprint density at radius 3 is 2.50 bits per heavy atom. The molecule has 0 radical (unpaired) electrons. The predicted molar refractivity (Wildman–Crippen MR) is 108 cm³/mol. The van der Waals surface area contributed by atoms with Gasteiger partial charge in [-0.15, -0.1) is 0 Å². The molecule has 0 saturated carbocycles. The highest BCUT2D eigenvalue weighted by molar-refractivity contribution is 6.32. The maximum Gasteiger partial charge on any atom is 0.271 e. The number of benzene rings is 2. The lowest BCUT2D eigenvalue weighted by atomic mass is 10.2. The summed E-state index contributed by atoms with van der Waals surface area (Å²) >= 11 is 6.15. The first-order valence-corrected chi connectivity index (χ1v) is 8.58. The molecule has 1 amide bonds. The van der Waals surface area contributed by atoms with E-state index in [-0.39, 0.29) is 0 Å². The zero-order valence-electron chi connectivity index (χ0n) is 15.8. The molecule has 0 spiro atoms. The fourth-order valence-electron chi connectivity index (χ4n) is 2.32. The first-order chi connectivity index (χ1) is 13.5. The largest absolute Gasteiger partial charge is 0.493 e. The van der Waals surface area contributed by atoms with Crippen LogP contribution in [0.15, 0.2) is 48.1 Å². The van der Waals surface area contributed by atoms with Gasteiger partial charge in [0.25, 0.3) is 5.91 Å². The molecular formula is C20H21ClN2O5. The second-order valence-electron chi connectivity index (χ2n) is 5.40. The van der Waals surface area contributed by atoms with Crippen LogP contribution in [0.25, 0.3) is 0 Å².